The maximum atomic E-state index is 12.5. The first kappa shape index (κ1) is 22.6. The van der Waals surface area contributed by atoms with E-state index in [0.717, 1.165) is 50.9 Å². The molecule has 2 aromatic carbocycles. The lowest BCUT2D eigenvalue weighted by atomic mass is 9.96. The van der Waals surface area contributed by atoms with E-state index in [0.29, 0.717) is 11.6 Å². The number of hydrogen-bond acceptors (Lipinski definition) is 4. The Morgan fingerprint density at radius 2 is 1.75 bits per heavy atom. The second kappa shape index (κ2) is 10.4. The SMILES string of the molecule is CN1CCCc2cc(C(CNC(=O)C(=O)NCc3ccccc3Cl)N3CCCC3)ccc21. The fraction of sp³-hybridized carbons (Fsp3) is 0.440. The minimum Gasteiger partial charge on any atom is -0.374 e. The highest BCUT2D eigenvalue weighted by molar-refractivity contribution is 6.35. The van der Waals surface area contributed by atoms with Gasteiger partial charge in [-0.15, -0.1) is 0 Å². The molecule has 32 heavy (non-hydrogen) atoms. The Morgan fingerprint density at radius 3 is 2.53 bits per heavy atom. The molecular weight excluding hydrogens is 424 g/mol. The van der Waals surface area contributed by atoms with Crippen molar-refractivity contribution in [3.8, 4) is 0 Å². The number of aryl methyl sites for hydroxylation is 1. The van der Waals surface area contributed by atoms with Crippen molar-refractivity contribution in [3.05, 3.63) is 64.2 Å². The molecule has 2 N–H and O–H groups in total. The van der Waals surface area contributed by atoms with Crippen molar-refractivity contribution in [2.75, 3.05) is 38.1 Å². The van der Waals surface area contributed by atoms with Gasteiger partial charge in [0.25, 0.3) is 0 Å². The lowest BCUT2D eigenvalue weighted by molar-refractivity contribution is -0.139. The molecule has 2 aliphatic rings. The molecule has 0 saturated carbocycles. The molecule has 1 atom stereocenters. The highest BCUT2D eigenvalue weighted by Gasteiger charge is 2.26. The van der Waals surface area contributed by atoms with E-state index in [-0.39, 0.29) is 12.6 Å². The van der Waals surface area contributed by atoms with Crippen LogP contribution >= 0.6 is 11.6 Å². The van der Waals surface area contributed by atoms with Gasteiger partial charge in [-0.3, -0.25) is 14.5 Å². The molecule has 0 spiro atoms. The van der Waals surface area contributed by atoms with Gasteiger partial charge in [-0.05, 0) is 67.6 Å². The Hall–Kier alpha value is -2.57. The number of nitrogens with one attached hydrogen (secondary N) is 2. The Kier molecular flexibility index (Phi) is 7.33. The molecule has 2 aliphatic heterocycles. The van der Waals surface area contributed by atoms with Crippen LogP contribution in [0.2, 0.25) is 5.02 Å². The fourth-order valence-corrected chi connectivity index (χ4v) is 4.89. The summed E-state index contributed by atoms with van der Waals surface area (Å²) in [7, 11) is 2.14. The first-order valence-electron chi connectivity index (χ1n) is 11.4. The quantitative estimate of drug-likeness (QED) is 0.657. The van der Waals surface area contributed by atoms with Crippen molar-refractivity contribution in [2.45, 2.75) is 38.3 Å². The summed E-state index contributed by atoms with van der Waals surface area (Å²) in [6.45, 7) is 3.74. The van der Waals surface area contributed by atoms with E-state index in [2.05, 4.69) is 45.7 Å². The minimum absolute atomic E-state index is 0.0651. The van der Waals surface area contributed by atoms with Crippen LogP contribution in [0, 0.1) is 0 Å². The maximum absolute atomic E-state index is 12.5. The number of amides is 2. The molecule has 1 fully saturated rings. The molecule has 1 unspecified atom stereocenters. The van der Waals surface area contributed by atoms with E-state index in [1.165, 1.54) is 16.8 Å². The Labute approximate surface area is 194 Å². The Bertz CT molecular complexity index is 974. The highest BCUT2D eigenvalue weighted by atomic mass is 35.5. The van der Waals surface area contributed by atoms with E-state index < -0.39 is 11.8 Å². The monoisotopic (exact) mass is 454 g/mol. The van der Waals surface area contributed by atoms with Crippen molar-refractivity contribution >= 4 is 29.1 Å². The number of hydrogen-bond donors (Lipinski definition) is 2. The predicted molar refractivity (Wildman–Crippen MR) is 128 cm³/mol. The number of halogens is 1. The topological polar surface area (TPSA) is 64.7 Å². The van der Waals surface area contributed by atoms with Crippen LogP contribution in [0.15, 0.2) is 42.5 Å². The van der Waals surface area contributed by atoms with Gasteiger partial charge in [-0.25, -0.2) is 0 Å². The summed E-state index contributed by atoms with van der Waals surface area (Å²) in [6.07, 6.45) is 4.56. The van der Waals surface area contributed by atoms with Crippen molar-refractivity contribution < 1.29 is 9.59 Å². The summed E-state index contributed by atoms with van der Waals surface area (Å²) < 4.78 is 0. The lowest BCUT2D eigenvalue weighted by Crippen LogP contribution is -2.43. The fourth-order valence-electron chi connectivity index (χ4n) is 4.69. The van der Waals surface area contributed by atoms with Crippen LogP contribution in [0.1, 0.15) is 42.0 Å². The molecule has 170 valence electrons. The van der Waals surface area contributed by atoms with E-state index in [4.69, 9.17) is 11.6 Å². The summed E-state index contributed by atoms with van der Waals surface area (Å²) in [5.41, 5.74) is 4.65. The first-order chi connectivity index (χ1) is 15.5. The summed E-state index contributed by atoms with van der Waals surface area (Å²) in [4.78, 5) is 29.6. The standard InChI is InChI=1S/C25H31ClN4O2/c1-29-12-6-8-18-15-19(10-11-22(18)29)23(30-13-4-5-14-30)17-28-25(32)24(31)27-16-20-7-2-3-9-21(20)26/h2-3,7,9-11,15,23H,4-6,8,12-14,16-17H2,1H3,(H,27,31)(H,28,32). The lowest BCUT2D eigenvalue weighted by Gasteiger charge is -2.31. The van der Waals surface area contributed by atoms with Crippen LogP contribution in [0.3, 0.4) is 0 Å². The number of anilines is 1. The molecule has 6 nitrogen and oxygen atoms in total. The molecule has 2 aromatic rings. The molecule has 0 aromatic heterocycles. The first-order valence-corrected chi connectivity index (χ1v) is 11.8. The van der Waals surface area contributed by atoms with E-state index in [1.807, 2.05) is 18.2 Å². The van der Waals surface area contributed by atoms with E-state index >= 15 is 0 Å². The van der Waals surface area contributed by atoms with E-state index in [1.54, 1.807) is 6.07 Å². The van der Waals surface area contributed by atoms with Gasteiger partial charge in [-0.2, -0.15) is 0 Å². The number of benzene rings is 2. The van der Waals surface area contributed by atoms with Crippen molar-refractivity contribution in [2.24, 2.45) is 0 Å². The van der Waals surface area contributed by atoms with Gasteiger partial charge in [0, 0.05) is 37.4 Å². The summed E-state index contributed by atoms with van der Waals surface area (Å²) in [6, 6.07) is 14.0. The van der Waals surface area contributed by atoms with Gasteiger partial charge in [0.2, 0.25) is 0 Å². The van der Waals surface area contributed by atoms with Crippen molar-refractivity contribution in [3.63, 3.8) is 0 Å². The zero-order valence-electron chi connectivity index (χ0n) is 18.6. The molecule has 0 radical (unpaired) electrons. The number of carbonyl (C=O) groups excluding carboxylic acids is 2. The van der Waals surface area contributed by atoms with E-state index in [9.17, 15) is 9.59 Å². The molecule has 1 saturated heterocycles. The van der Waals surface area contributed by atoms with Crippen LogP contribution < -0.4 is 15.5 Å². The smallest absolute Gasteiger partial charge is 0.309 e. The number of nitrogens with zero attached hydrogens (tertiary/aromatic N) is 2. The third kappa shape index (κ3) is 5.25. The van der Waals surface area contributed by atoms with Gasteiger partial charge in [-0.1, -0.05) is 41.9 Å². The van der Waals surface area contributed by atoms with Crippen LogP contribution in [-0.4, -0.2) is 49.9 Å². The second-order valence-corrected chi connectivity index (χ2v) is 9.06. The second-order valence-electron chi connectivity index (χ2n) is 8.66. The third-order valence-corrected chi connectivity index (χ3v) is 6.85. The average Bonchev–Trinajstić information content (AvgIpc) is 3.33. The maximum Gasteiger partial charge on any atom is 0.309 e. The molecular formula is C25H31ClN4O2. The van der Waals surface area contributed by atoms with Gasteiger partial charge in [0.05, 0.1) is 6.04 Å². The zero-order chi connectivity index (χ0) is 22.5. The molecule has 4 rings (SSSR count). The van der Waals surface area contributed by atoms with Crippen molar-refractivity contribution in [1.29, 1.82) is 0 Å². The largest absolute Gasteiger partial charge is 0.374 e. The van der Waals surface area contributed by atoms with Gasteiger partial charge in [0.1, 0.15) is 0 Å². The number of carbonyl (C=O) groups is 2. The highest BCUT2D eigenvalue weighted by Crippen LogP contribution is 2.31. The van der Waals surface area contributed by atoms with Crippen LogP contribution in [-0.2, 0) is 22.6 Å². The third-order valence-electron chi connectivity index (χ3n) is 6.48. The molecule has 0 aliphatic carbocycles. The number of likely N-dealkylation sites (tertiary alicyclic amines) is 1. The summed E-state index contributed by atoms with van der Waals surface area (Å²) in [5.74, 6) is -1.25. The number of fused-ring (bicyclic) bond motifs is 1. The van der Waals surface area contributed by atoms with Crippen LogP contribution in [0.25, 0.3) is 0 Å². The van der Waals surface area contributed by atoms with Gasteiger partial charge >= 0.3 is 11.8 Å². The van der Waals surface area contributed by atoms with Gasteiger partial charge in [0.15, 0.2) is 0 Å². The minimum atomic E-state index is -0.642. The molecule has 2 heterocycles. The molecule has 0 bridgehead atoms. The van der Waals surface area contributed by atoms with Crippen LogP contribution in [0.5, 0.6) is 0 Å². The summed E-state index contributed by atoms with van der Waals surface area (Å²) >= 11 is 6.13. The molecule has 2 amide bonds. The zero-order valence-corrected chi connectivity index (χ0v) is 19.3. The average molecular weight is 455 g/mol. The van der Waals surface area contributed by atoms with Crippen molar-refractivity contribution in [1.82, 2.24) is 15.5 Å². The Balaban J connectivity index is 1.40. The van der Waals surface area contributed by atoms with Gasteiger partial charge < -0.3 is 15.5 Å². The predicted octanol–water partition coefficient (Wildman–Crippen LogP) is 3.29. The Morgan fingerprint density at radius 1 is 1.00 bits per heavy atom. The molecule has 7 heteroatoms. The summed E-state index contributed by atoms with van der Waals surface area (Å²) in [5, 5.41) is 6.10. The normalized spacial score (nSPS) is 17.0. The van der Waals surface area contributed by atoms with Crippen LogP contribution in [0.4, 0.5) is 5.69 Å². The number of rotatable bonds is 6.